The lowest BCUT2D eigenvalue weighted by atomic mass is 9.92. The van der Waals surface area contributed by atoms with E-state index in [2.05, 4.69) is 0 Å². The van der Waals surface area contributed by atoms with Gasteiger partial charge in [0.1, 0.15) is 6.10 Å². The predicted molar refractivity (Wildman–Crippen MR) is 97.9 cm³/mol. The number of esters is 1. The summed E-state index contributed by atoms with van der Waals surface area (Å²) in [6.45, 7) is 4.95. The van der Waals surface area contributed by atoms with Gasteiger partial charge in [-0.1, -0.05) is 37.3 Å². The zero-order chi connectivity index (χ0) is 21.7. The van der Waals surface area contributed by atoms with Gasteiger partial charge < -0.3 is 19.1 Å². The number of ether oxygens (including phenoxy) is 3. The number of hydrogen-bond acceptors (Lipinski definition) is 5. The summed E-state index contributed by atoms with van der Waals surface area (Å²) in [4.78, 5) is 26.7. The Morgan fingerprint density at radius 1 is 1.14 bits per heavy atom. The first-order valence-corrected chi connectivity index (χ1v) is 9.37. The fourth-order valence-corrected chi connectivity index (χ4v) is 3.14. The number of carbonyl (C=O) groups is 2. The van der Waals surface area contributed by atoms with Gasteiger partial charge in [-0.15, -0.1) is 0 Å². The van der Waals surface area contributed by atoms with E-state index >= 15 is 0 Å². The molecule has 0 N–H and O–H groups in total. The van der Waals surface area contributed by atoms with Crippen LogP contribution in [0.25, 0.3) is 0 Å². The van der Waals surface area contributed by atoms with Crippen molar-refractivity contribution >= 4 is 11.9 Å². The van der Waals surface area contributed by atoms with Gasteiger partial charge in [0.2, 0.25) is 5.91 Å². The van der Waals surface area contributed by atoms with Crippen LogP contribution in [0.4, 0.5) is 13.2 Å². The van der Waals surface area contributed by atoms with E-state index in [1.807, 2.05) is 0 Å². The second kappa shape index (κ2) is 9.58. The van der Waals surface area contributed by atoms with Crippen molar-refractivity contribution in [3.8, 4) is 0 Å². The van der Waals surface area contributed by atoms with Gasteiger partial charge in [0.15, 0.2) is 0 Å². The van der Waals surface area contributed by atoms with Crippen LogP contribution in [0.15, 0.2) is 30.3 Å². The Hall–Kier alpha value is -2.13. The van der Waals surface area contributed by atoms with E-state index in [9.17, 15) is 22.8 Å². The minimum atomic E-state index is -5.03. The van der Waals surface area contributed by atoms with Crippen LogP contribution in [0.3, 0.4) is 0 Å². The van der Waals surface area contributed by atoms with E-state index in [1.165, 1.54) is 25.1 Å². The summed E-state index contributed by atoms with van der Waals surface area (Å²) < 4.78 is 56.8. The highest BCUT2D eigenvalue weighted by atomic mass is 19.4. The molecule has 1 aromatic carbocycles. The zero-order valence-corrected chi connectivity index (χ0v) is 16.7. The molecule has 2 rings (SSSR count). The number of methoxy groups -OCH3 is 1. The van der Waals surface area contributed by atoms with Gasteiger partial charge >= 0.3 is 12.1 Å². The Labute approximate surface area is 167 Å². The van der Waals surface area contributed by atoms with Gasteiger partial charge in [0, 0.05) is 38.1 Å². The molecule has 1 saturated heterocycles. The Kier molecular flexibility index (Phi) is 7.65. The molecule has 29 heavy (non-hydrogen) atoms. The van der Waals surface area contributed by atoms with Crippen LogP contribution in [-0.4, -0.2) is 62.5 Å². The SMILES string of the molecule is CO[C@](C(=O)O[C@@H](C)[C@@H](C)CC(=O)N1CCOCC1)(c1ccccc1)C(F)(F)F. The molecule has 1 amide bonds. The van der Waals surface area contributed by atoms with Crippen molar-refractivity contribution in [2.45, 2.75) is 38.1 Å². The molecule has 0 radical (unpaired) electrons. The normalized spacial score (nSPS) is 19.2. The van der Waals surface area contributed by atoms with E-state index in [0.717, 1.165) is 19.2 Å². The van der Waals surface area contributed by atoms with Gasteiger partial charge in [-0.3, -0.25) is 4.79 Å². The average molecular weight is 417 g/mol. The average Bonchev–Trinajstić information content (AvgIpc) is 2.69. The maximum atomic E-state index is 13.9. The Balaban J connectivity index is 2.13. The number of halogens is 3. The van der Waals surface area contributed by atoms with E-state index in [-0.39, 0.29) is 17.9 Å². The summed E-state index contributed by atoms with van der Waals surface area (Å²) in [6.07, 6.45) is -5.91. The standard InChI is InChI=1S/C20H26F3NO5/c1-14(13-17(25)24-9-11-28-12-10-24)15(2)29-18(26)19(27-3,20(21,22)23)16-7-5-4-6-8-16/h4-8,14-15H,9-13H2,1-3H3/t14-,15-,19-/m0/s1. The molecule has 162 valence electrons. The first-order chi connectivity index (χ1) is 13.6. The van der Waals surface area contributed by atoms with E-state index in [4.69, 9.17) is 14.2 Å². The van der Waals surface area contributed by atoms with Crippen molar-refractivity contribution in [1.82, 2.24) is 4.90 Å². The molecule has 1 aromatic rings. The molecule has 9 heteroatoms. The third-order valence-electron chi connectivity index (χ3n) is 5.13. The third-order valence-corrected chi connectivity index (χ3v) is 5.13. The monoisotopic (exact) mass is 417 g/mol. The summed E-state index contributed by atoms with van der Waals surface area (Å²) in [6, 6.07) is 6.63. The second-order valence-corrected chi connectivity index (χ2v) is 7.03. The number of nitrogens with zero attached hydrogens (tertiary/aromatic N) is 1. The maximum Gasteiger partial charge on any atom is 0.432 e. The minimum absolute atomic E-state index is 0.0474. The number of morpholine rings is 1. The summed E-state index contributed by atoms with van der Waals surface area (Å²) in [7, 11) is 0.817. The predicted octanol–water partition coefficient (Wildman–Crippen LogP) is 2.91. The van der Waals surface area contributed by atoms with Gasteiger partial charge in [0.05, 0.1) is 13.2 Å². The molecule has 0 saturated carbocycles. The van der Waals surface area contributed by atoms with Crippen molar-refractivity contribution in [3.63, 3.8) is 0 Å². The van der Waals surface area contributed by atoms with Gasteiger partial charge in [-0.25, -0.2) is 4.79 Å². The van der Waals surface area contributed by atoms with Crippen molar-refractivity contribution in [3.05, 3.63) is 35.9 Å². The molecule has 1 aliphatic rings. The largest absolute Gasteiger partial charge is 0.460 e. The smallest absolute Gasteiger partial charge is 0.432 e. The molecular weight excluding hydrogens is 391 g/mol. The van der Waals surface area contributed by atoms with Crippen molar-refractivity contribution in [2.24, 2.45) is 5.92 Å². The number of rotatable bonds is 7. The molecule has 0 bridgehead atoms. The Bertz CT molecular complexity index is 691. The molecule has 0 aliphatic carbocycles. The van der Waals surface area contributed by atoms with Crippen LogP contribution in [0.1, 0.15) is 25.8 Å². The molecule has 0 unspecified atom stereocenters. The zero-order valence-electron chi connectivity index (χ0n) is 16.7. The summed E-state index contributed by atoms with van der Waals surface area (Å²) >= 11 is 0. The fourth-order valence-electron chi connectivity index (χ4n) is 3.14. The molecule has 1 aliphatic heterocycles. The van der Waals surface area contributed by atoms with Crippen LogP contribution >= 0.6 is 0 Å². The molecule has 1 heterocycles. The minimum Gasteiger partial charge on any atom is -0.460 e. The molecule has 1 fully saturated rings. The highest BCUT2D eigenvalue weighted by molar-refractivity contribution is 5.83. The fraction of sp³-hybridized carbons (Fsp3) is 0.600. The number of carbonyl (C=O) groups excluding carboxylic acids is 2. The first kappa shape index (κ1) is 23.2. The van der Waals surface area contributed by atoms with Crippen LogP contribution in [0, 0.1) is 5.92 Å². The van der Waals surface area contributed by atoms with Crippen LogP contribution < -0.4 is 0 Å². The molecule has 0 spiro atoms. The topological polar surface area (TPSA) is 65.1 Å². The van der Waals surface area contributed by atoms with E-state index in [1.54, 1.807) is 11.8 Å². The van der Waals surface area contributed by atoms with Crippen LogP contribution in [0.2, 0.25) is 0 Å². The Morgan fingerprint density at radius 2 is 1.72 bits per heavy atom. The first-order valence-electron chi connectivity index (χ1n) is 9.37. The second-order valence-electron chi connectivity index (χ2n) is 7.03. The summed E-state index contributed by atoms with van der Waals surface area (Å²) in [5, 5.41) is 0. The van der Waals surface area contributed by atoms with Crippen molar-refractivity contribution < 1.29 is 37.0 Å². The molecule has 3 atom stereocenters. The van der Waals surface area contributed by atoms with Gasteiger partial charge in [0.25, 0.3) is 5.60 Å². The lowest BCUT2D eigenvalue weighted by molar-refractivity contribution is -0.278. The molecule has 6 nitrogen and oxygen atoms in total. The van der Waals surface area contributed by atoms with Gasteiger partial charge in [-0.05, 0) is 6.92 Å². The maximum absolute atomic E-state index is 13.9. The van der Waals surface area contributed by atoms with Crippen LogP contribution in [-0.2, 0) is 29.4 Å². The number of alkyl halides is 3. The van der Waals surface area contributed by atoms with E-state index in [0.29, 0.717) is 26.3 Å². The third kappa shape index (κ3) is 5.08. The summed E-state index contributed by atoms with van der Waals surface area (Å²) in [5.74, 6) is -2.19. The molecule has 0 aromatic heterocycles. The highest BCUT2D eigenvalue weighted by Gasteiger charge is 2.64. The number of hydrogen-bond donors (Lipinski definition) is 0. The summed E-state index contributed by atoms with van der Waals surface area (Å²) in [5.41, 5.74) is -3.61. The molecular formula is C20H26F3NO5. The van der Waals surface area contributed by atoms with E-state index < -0.39 is 29.8 Å². The number of benzene rings is 1. The Morgan fingerprint density at radius 3 is 2.24 bits per heavy atom. The van der Waals surface area contributed by atoms with Crippen LogP contribution in [0.5, 0.6) is 0 Å². The lowest BCUT2D eigenvalue weighted by Crippen LogP contribution is -2.52. The van der Waals surface area contributed by atoms with Crippen molar-refractivity contribution in [2.75, 3.05) is 33.4 Å². The van der Waals surface area contributed by atoms with Crippen molar-refractivity contribution in [1.29, 1.82) is 0 Å². The lowest BCUT2D eigenvalue weighted by Gasteiger charge is -2.34. The quantitative estimate of drug-likeness (QED) is 0.639. The highest BCUT2D eigenvalue weighted by Crippen LogP contribution is 2.43. The van der Waals surface area contributed by atoms with Gasteiger partial charge in [-0.2, -0.15) is 13.2 Å². The number of amides is 1.